The summed E-state index contributed by atoms with van der Waals surface area (Å²) in [6, 6.07) is 3.51. The van der Waals surface area contributed by atoms with Crippen molar-refractivity contribution in [1.82, 2.24) is 5.32 Å². The molecule has 1 atom stereocenters. The SMILES string of the molecule is COc1cc(C)c(C(=O)NC(C)(CN)CC(C)C)cc1OC.Cl. The number of benzene rings is 1. The highest BCUT2D eigenvalue weighted by molar-refractivity contribution is 5.96. The van der Waals surface area contributed by atoms with Crippen LogP contribution >= 0.6 is 12.4 Å². The molecule has 0 spiro atoms. The van der Waals surface area contributed by atoms with Crippen molar-refractivity contribution in [3.05, 3.63) is 23.3 Å². The third-order valence-electron chi connectivity index (χ3n) is 3.70. The van der Waals surface area contributed by atoms with Crippen molar-refractivity contribution in [3.63, 3.8) is 0 Å². The van der Waals surface area contributed by atoms with Gasteiger partial charge in [-0.15, -0.1) is 12.4 Å². The van der Waals surface area contributed by atoms with E-state index in [1.165, 1.54) is 0 Å². The maximum Gasteiger partial charge on any atom is 0.252 e. The molecule has 0 heterocycles. The molecule has 0 fully saturated rings. The minimum absolute atomic E-state index is 0. The topological polar surface area (TPSA) is 73.6 Å². The zero-order valence-electron chi connectivity index (χ0n) is 14.9. The van der Waals surface area contributed by atoms with Crippen molar-refractivity contribution >= 4 is 18.3 Å². The van der Waals surface area contributed by atoms with Crippen molar-refractivity contribution < 1.29 is 14.3 Å². The largest absolute Gasteiger partial charge is 0.493 e. The van der Waals surface area contributed by atoms with Crippen LogP contribution < -0.4 is 20.5 Å². The number of methoxy groups -OCH3 is 2. The van der Waals surface area contributed by atoms with Gasteiger partial charge in [-0.3, -0.25) is 4.79 Å². The molecule has 0 radical (unpaired) electrons. The maximum absolute atomic E-state index is 12.6. The number of rotatable bonds is 7. The second kappa shape index (κ2) is 8.99. The average molecular weight is 345 g/mol. The number of hydrogen-bond acceptors (Lipinski definition) is 4. The zero-order chi connectivity index (χ0) is 16.9. The number of amides is 1. The fourth-order valence-electron chi connectivity index (χ4n) is 2.65. The fourth-order valence-corrected chi connectivity index (χ4v) is 2.65. The Bertz CT molecular complexity index is 535. The Balaban J connectivity index is 0.00000484. The summed E-state index contributed by atoms with van der Waals surface area (Å²) in [6.45, 7) is 8.47. The lowest BCUT2D eigenvalue weighted by molar-refractivity contribution is 0.0897. The predicted molar refractivity (Wildman–Crippen MR) is 95.9 cm³/mol. The summed E-state index contributed by atoms with van der Waals surface area (Å²) in [4.78, 5) is 12.6. The highest BCUT2D eigenvalue weighted by Crippen LogP contribution is 2.30. The molecule has 1 rings (SSSR count). The third-order valence-corrected chi connectivity index (χ3v) is 3.70. The lowest BCUT2D eigenvalue weighted by atomic mass is 9.90. The lowest BCUT2D eigenvalue weighted by Gasteiger charge is -2.31. The van der Waals surface area contributed by atoms with Crippen LogP contribution in [0.3, 0.4) is 0 Å². The lowest BCUT2D eigenvalue weighted by Crippen LogP contribution is -2.52. The Morgan fingerprint density at radius 3 is 2.22 bits per heavy atom. The second-order valence-corrected chi connectivity index (χ2v) is 6.34. The summed E-state index contributed by atoms with van der Waals surface area (Å²) in [7, 11) is 3.13. The normalized spacial score (nSPS) is 13.0. The van der Waals surface area contributed by atoms with E-state index < -0.39 is 5.54 Å². The summed E-state index contributed by atoms with van der Waals surface area (Å²) in [5.74, 6) is 1.45. The molecule has 1 aromatic carbocycles. The molecule has 5 nitrogen and oxygen atoms in total. The highest BCUT2D eigenvalue weighted by Gasteiger charge is 2.27. The van der Waals surface area contributed by atoms with Crippen LogP contribution in [0.25, 0.3) is 0 Å². The first-order valence-corrected chi connectivity index (χ1v) is 7.51. The molecule has 0 aliphatic heterocycles. The van der Waals surface area contributed by atoms with Gasteiger partial charge in [0, 0.05) is 17.6 Å². The predicted octanol–water partition coefficient (Wildman–Crippen LogP) is 2.93. The molecule has 0 aromatic heterocycles. The van der Waals surface area contributed by atoms with Gasteiger partial charge >= 0.3 is 0 Å². The smallest absolute Gasteiger partial charge is 0.252 e. The van der Waals surface area contributed by atoms with Crippen LogP contribution in [0.15, 0.2) is 12.1 Å². The van der Waals surface area contributed by atoms with E-state index in [-0.39, 0.29) is 18.3 Å². The molecule has 1 amide bonds. The van der Waals surface area contributed by atoms with Gasteiger partial charge in [0.15, 0.2) is 11.5 Å². The van der Waals surface area contributed by atoms with Gasteiger partial charge in [0.1, 0.15) is 0 Å². The van der Waals surface area contributed by atoms with Crippen molar-refractivity contribution in [2.75, 3.05) is 20.8 Å². The summed E-state index contributed by atoms with van der Waals surface area (Å²) in [6.07, 6.45) is 0.821. The molecule has 0 saturated heterocycles. The average Bonchev–Trinajstić information content (AvgIpc) is 2.45. The third kappa shape index (κ3) is 5.59. The fraction of sp³-hybridized carbons (Fsp3) is 0.588. The van der Waals surface area contributed by atoms with Gasteiger partial charge < -0.3 is 20.5 Å². The van der Waals surface area contributed by atoms with Gasteiger partial charge in [0.25, 0.3) is 5.91 Å². The number of aryl methyl sites for hydroxylation is 1. The van der Waals surface area contributed by atoms with Gasteiger partial charge in [0.05, 0.1) is 14.2 Å². The van der Waals surface area contributed by atoms with Gasteiger partial charge in [-0.1, -0.05) is 13.8 Å². The Hall–Kier alpha value is -1.46. The van der Waals surface area contributed by atoms with Gasteiger partial charge in [-0.05, 0) is 43.9 Å². The number of hydrogen-bond donors (Lipinski definition) is 2. The van der Waals surface area contributed by atoms with E-state index >= 15 is 0 Å². The molecule has 0 aliphatic carbocycles. The van der Waals surface area contributed by atoms with Crippen molar-refractivity contribution in [2.24, 2.45) is 11.7 Å². The maximum atomic E-state index is 12.6. The molecular weight excluding hydrogens is 316 g/mol. The Kier molecular flexibility index (Phi) is 8.42. The highest BCUT2D eigenvalue weighted by atomic mass is 35.5. The first-order valence-electron chi connectivity index (χ1n) is 7.51. The second-order valence-electron chi connectivity index (χ2n) is 6.34. The summed E-state index contributed by atoms with van der Waals surface area (Å²) < 4.78 is 10.5. The van der Waals surface area contributed by atoms with E-state index in [0.717, 1.165) is 12.0 Å². The number of halogens is 1. The van der Waals surface area contributed by atoms with Crippen molar-refractivity contribution in [1.29, 1.82) is 0 Å². The van der Waals surface area contributed by atoms with Gasteiger partial charge in [0.2, 0.25) is 0 Å². The molecule has 132 valence electrons. The number of nitrogens with two attached hydrogens (primary N) is 1. The standard InChI is InChI=1S/C17H28N2O3.ClH/c1-11(2)9-17(4,10-18)19-16(20)13-8-15(22-6)14(21-5)7-12(13)3;/h7-8,11H,9-10,18H2,1-6H3,(H,19,20);1H. The van der Waals surface area contributed by atoms with E-state index in [2.05, 4.69) is 19.2 Å². The first-order chi connectivity index (χ1) is 10.3. The molecule has 23 heavy (non-hydrogen) atoms. The van der Waals surface area contributed by atoms with E-state index in [0.29, 0.717) is 29.5 Å². The van der Waals surface area contributed by atoms with E-state index in [1.807, 2.05) is 13.8 Å². The molecule has 3 N–H and O–H groups in total. The molecular formula is C17H29ClN2O3. The van der Waals surface area contributed by atoms with Crippen molar-refractivity contribution in [2.45, 2.75) is 39.7 Å². The molecule has 0 aliphatic rings. The Morgan fingerprint density at radius 1 is 1.26 bits per heavy atom. The first kappa shape index (κ1) is 21.5. The van der Waals surface area contributed by atoms with Crippen molar-refractivity contribution in [3.8, 4) is 11.5 Å². The quantitative estimate of drug-likeness (QED) is 0.797. The molecule has 1 aromatic rings. The van der Waals surface area contributed by atoms with Crippen LogP contribution in [0.2, 0.25) is 0 Å². The minimum Gasteiger partial charge on any atom is -0.493 e. The van der Waals surface area contributed by atoms with E-state index in [9.17, 15) is 4.79 Å². The van der Waals surface area contributed by atoms with Crippen LogP contribution in [0, 0.1) is 12.8 Å². The summed E-state index contributed by atoms with van der Waals surface area (Å²) in [5.41, 5.74) is 6.84. The van der Waals surface area contributed by atoms with Gasteiger partial charge in [-0.25, -0.2) is 0 Å². The Morgan fingerprint density at radius 2 is 1.78 bits per heavy atom. The van der Waals surface area contributed by atoms with Gasteiger partial charge in [-0.2, -0.15) is 0 Å². The number of carbonyl (C=O) groups is 1. The minimum atomic E-state index is -0.426. The van der Waals surface area contributed by atoms with Crippen LogP contribution in [0.1, 0.15) is 43.1 Å². The summed E-state index contributed by atoms with van der Waals surface area (Å²) in [5, 5.41) is 3.06. The molecule has 0 saturated carbocycles. The van der Waals surface area contributed by atoms with E-state index in [4.69, 9.17) is 15.2 Å². The zero-order valence-corrected chi connectivity index (χ0v) is 15.7. The number of nitrogens with one attached hydrogen (secondary N) is 1. The Labute approximate surface area is 145 Å². The van der Waals surface area contributed by atoms with Crippen LogP contribution in [-0.4, -0.2) is 32.2 Å². The molecule has 6 heteroatoms. The summed E-state index contributed by atoms with van der Waals surface area (Å²) >= 11 is 0. The van der Waals surface area contributed by atoms with Crippen LogP contribution in [0.4, 0.5) is 0 Å². The molecule has 0 bridgehead atoms. The molecule has 1 unspecified atom stereocenters. The van der Waals surface area contributed by atoms with E-state index in [1.54, 1.807) is 26.4 Å². The monoisotopic (exact) mass is 344 g/mol. The van der Waals surface area contributed by atoms with Crippen LogP contribution in [-0.2, 0) is 0 Å². The van der Waals surface area contributed by atoms with Crippen LogP contribution in [0.5, 0.6) is 11.5 Å². The number of ether oxygens (including phenoxy) is 2. The number of carbonyl (C=O) groups excluding carboxylic acids is 1.